The summed E-state index contributed by atoms with van der Waals surface area (Å²) in [5.74, 6) is 0. The first-order valence-corrected chi connectivity index (χ1v) is 11.9. The van der Waals surface area contributed by atoms with Crippen molar-refractivity contribution in [2.45, 2.75) is 18.1 Å². The van der Waals surface area contributed by atoms with Crippen molar-refractivity contribution in [2.75, 3.05) is 10.4 Å². The first-order valence-electron chi connectivity index (χ1n) is 5.97. The minimum atomic E-state index is -3.13. The van der Waals surface area contributed by atoms with Crippen molar-refractivity contribution in [3.63, 3.8) is 0 Å². The normalized spacial score (nSPS) is 15.4. The van der Waals surface area contributed by atoms with Crippen molar-refractivity contribution in [3.05, 3.63) is 53.6 Å². The Kier molecular flexibility index (Phi) is 4.28. The molecule has 4 heteroatoms. The molecule has 0 heterocycles. The third kappa shape index (κ3) is 2.55. The van der Waals surface area contributed by atoms with Gasteiger partial charge in [-0.05, 0) is 0 Å². The summed E-state index contributed by atoms with van der Waals surface area (Å²) in [7, 11) is 15.5. The van der Waals surface area contributed by atoms with Crippen LogP contribution >= 0.6 is 18.6 Å². The van der Waals surface area contributed by atoms with Crippen LogP contribution in [0.5, 0.6) is 0 Å². The molecule has 2 rings (SSSR count). The summed E-state index contributed by atoms with van der Waals surface area (Å²) >= 11 is -3.13. The molecule has 1 aromatic rings. The average molecular weight is 318 g/mol. The Labute approximate surface area is 121 Å². The summed E-state index contributed by atoms with van der Waals surface area (Å²) in [6.07, 6.45) is 8.25. The quantitative estimate of drug-likeness (QED) is 0.707. The van der Waals surface area contributed by atoms with Crippen LogP contribution in [0.3, 0.4) is 0 Å². The molecule has 0 atom stereocenters. The van der Waals surface area contributed by atoms with E-state index in [4.69, 9.17) is 18.6 Å². The van der Waals surface area contributed by atoms with Crippen molar-refractivity contribution >= 4 is 24.3 Å². The van der Waals surface area contributed by atoms with E-state index in [0.717, 1.165) is 0 Å². The Hall–Kier alpha value is -0.206. The predicted molar refractivity (Wildman–Crippen MR) is 78.1 cm³/mol. The van der Waals surface area contributed by atoms with E-state index in [0.29, 0.717) is 0 Å². The van der Waals surface area contributed by atoms with Gasteiger partial charge >= 0.3 is 121 Å². The fourth-order valence-corrected chi connectivity index (χ4v) is 7.05. The van der Waals surface area contributed by atoms with Crippen LogP contribution in [0.4, 0.5) is 5.69 Å². The zero-order valence-corrected chi connectivity index (χ0v) is 13.9. The summed E-state index contributed by atoms with van der Waals surface area (Å²) < 4.78 is 2.33. The van der Waals surface area contributed by atoms with E-state index in [1.54, 1.807) is 0 Å². The molecule has 18 heavy (non-hydrogen) atoms. The molecular weight excluding hydrogens is 301 g/mol. The molecule has 1 aliphatic carbocycles. The standard InChI is InChI=1S/C9H12N.C5H5.2ClH.Ti/c1-7-5-4-6-8(2)9(7)10-3;1-2-4-5-3-1;;;/h4-6H,1-3H3;1-5H;2*1H;/q-1;;;;+3/p-2. The number of allylic oxidation sites excluding steroid dienone is 4. The van der Waals surface area contributed by atoms with Crippen LogP contribution < -0.4 is 3.38 Å². The number of aryl methyl sites for hydroxylation is 2. The van der Waals surface area contributed by atoms with Gasteiger partial charge in [-0.1, -0.05) is 0 Å². The molecule has 0 aromatic heterocycles. The molecule has 0 aliphatic heterocycles. The molecule has 0 spiro atoms. The maximum atomic E-state index is 6.75. The van der Waals surface area contributed by atoms with E-state index in [1.165, 1.54) is 16.8 Å². The van der Waals surface area contributed by atoms with Gasteiger partial charge in [0, 0.05) is 0 Å². The number of para-hydroxylation sites is 1. The van der Waals surface area contributed by atoms with Crippen molar-refractivity contribution in [2.24, 2.45) is 0 Å². The van der Waals surface area contributed by atoms with Crippen LogP contribution in [0.1, 0.15) is 11.1 Å². The number of hydrogen-bond donors (Lipinski definition) is 0. The maximum absolute atomic E-state index is 6.75. The zero-order chi connectivity index (χ0) is 13.3. The van der Waals surface area contributed by atoms with Gasteiger partial charge in [-0.3, -0.25) is 0 Å². The average Bonchev–Trinajstić information content (AvgIpc) is 2.82. The van der Waals surface area contributed by atoms with Crippen LogP contribution in [0.15, 0.2) is 42.5 Å². The number of nitrogens with zero attached hydrogens (tertiary/aromatic N) is 1. The Morgan fingerprint density at radius 2 is 1.56 bits per heavy atom. The first-order chi connectivity index (χ1) is 8.44. The van der Waals surface area contributed by atoms with Crippen LogP contribution in [0.25, 0.3) is 0 Å². The van der Waals surface area contributed by atoms with E-state index in [1.807, 2.05) is 19.2 Å². The van der Waals surface area contributed by atoms with E-state index < -0.39 is 14.7 Å². The molecule has 0 amide bonds. The van der Waals surface area contributed by atoms with E-state index in [2.05, 4.69) is 47.6 Å². The molecular formula is C14H17Cl2NTi. The van der Waals surface area contributed by atoms with Gasteiger partial charge in [-0.25, -0.2) is 0 Å². The molecule has 1 aliphatic rings. The van der Waals surface area contributed by atoms with Crippen molar-refractivity contribution in [3.8, 4) is 0 Å². The SMILES string of the molecule is Cc1cccc(C)c1[N](C)[Ti]([Cl])([Cl])[CH]1C=CC=C1. The van der Waals surface area contributed by atoms with Crippen molar-refractivity contribution < 1.29 is 14.7 Å². The van der Waals surface area contributed by atoms with E-state index in [9.17, 15) is 0 Å². The number of rotatable bonds is 3. The fraction of sp³-hybridized carbons (Fsp3) is 0.286. The molecule has 0 saturated carbocycles. The molecule has 1 aromatic carbocycles. The van der Waals surface area contributed by atoms with Gasteiger partial charge in [-0.2, -0.15) is 0 Å². The predicted octanol–water partition coefficient (Wildman–Crippen LogP) is 5.03. The second-order valence-corrected chi connectivity index (χ2v) is 14.2. The third-order valence-electron chi connectivity index (χ3n) is 3.37. The summed E-state index contributed by atoms with van der Waals surface area (Å²) in [5, 5.41) is 0. The second-order valence-electron chi connectivity index (χ2n) is 4.68. The van der Waals surface area contributed by atoms with Crippen molar-refractivity contribution in [1.82, 2.24) is 0 Å². The Bertz CT molecular complexity index is 476. The number of anilines is 1. The molecule has 0 radical (unpaired) electrons. The minimum absolute atomic E-state index is 0.192. The molecule has 0 bridgehead atoms. The molecule has 0 fully saturated rings. The first kappa shape index (κ1) is 14.2. The monoisotopic (exact) mass is 317 g/mol. The second kappa shape index (κ2) is 5.42. The Morgan fingerprint density at radius 3 is 2.06 bits per heavy atom. The fourth-order valence-electron chi connectivity index (χ4n) is 2.37. The third-order valence-corrected chi connectivity index (χ3v) is 11.1. The van der Waals surface area contributed by atoms with Gasteiger partial charge in [0.05, 0.1) is 0 Å². The van der Waals surface area contributed by atoms with Crippen LogP contribution in [-0.2, 0) is 14.7 Å². The summed E-state index contributed by atoms with van der Waals surface area (Å²) in [4.78, 5) is 0. The van der Waals surface area contributed by atoms with Gasteiger partial charge in [-0.15, -0.1) is 0 Å². The summed E-state index contributed by atoms with van der Waals surface area (Å²) in [6, 6.07) is 6.27. The van der Waals surface area contributed by atoms with E-state index >= 15 is 0 Å². The molecule has 0 unspecified atom stereocenters. The zero-order valence-electron chi connectivity index (χ0n) is 10.8. The summed E-state index contributed by atoms with van der Waals surface area (Å²) in [6.45, 7) is 4.20. The van der Waals surface area contributed by atoms with Gasteiger partial charge in [0.25, 0.3) is 0 Å². The van der Waals surface area contributed by atoms with Gasteiger partial charge in [0.2, 0.25) is 0 Å². The molecule has 96 valence electrons. The number of hydrogen-bond acceptors (Lipinski definition) is 1. The van der Waals surface area contributed by atoms with Gasteiger partial charge < -0.3 is 0 Å². The topological polar surface area (TPSA) is 3.24 Å². The van der Waals surface area contributed by atoms with Crippen LogP contribution in [0.2, 0.25) is 4.22 Å². The van der Waals surface area contributed by atoms with Crippen LogP contribution in [-0.4, -0.2) is 7.05 Å². The van der Waals surface area contributed by atoms with Gasteiger partial charge in [0.1, 0.15) is 0 Å². The summed E-state index contributed by atoms with van der Waals surface area (Å²) in [5.41, 5.74) is 3.62. The number of halogens is 2. The van der Waals surface area contributed by atoms with E-state index in [-0.39, 0.29) is 4.22 Å². The molecule has 0 saturated heterocycles. The van der Waals surface area contributed by atoms with Gasteiger partial charge in [0.15, 0.2) is 0 Å². The van der Waals surface area contributed by atoms with Crippen LogP contribution in [0, 0.1) is 13.8 Å². The Morgan fingerprint density at radius 1 is 1.06 bits per heavy atom. The Balaban J connectivity index is 2.38. The van der Waals surface area contributed by atoms with Crippen molar-refractivity contribution in [1.29, 1.82) is 0 Å². The number of benzene rings is 1. The molecule has 1 nitrogen and oxygen atoms in total. The molecule has 0 N–H and O–H groups in total.